The molecule has 0 N–H and O–H groups in total. The van der Waals surface area contributed by atoms with E-state index in [0.717, 1.165) is 97.4 Å². The minimum atomic E-state index is -0.0362. The van der Waals surface area contributed by atoms with Crippen molar-refractivity contribution in [3.63, 3.8) is 0 Å². The van der Waals surface area contributed by atoms with Gasteiger partial charge in [-0.05, 0) is 148 Å². The number of fused-ring (bicyclic) bond motifs is 18. The molecule has 8 heteroatoms. The molecule has 9 aromatic carbocycles. The number of nitrogens with zero attached hydrogens (tertiary/aromatic N) is 8. The predicted molar refractivity (Wildman–Crippen MR) is 398 cm³/mol. The number of aromatic nitrogens is 8. The van der Waals surface area contributed by atoms with Gasteiger partial charge in [-0.2, -0.15) is 0 Å². The van der Waals surface area contributed by atoms with E-state index in [-0.39, 0.29) is 21.7 Å². The van der Waals surface area contributed by atoms with Crippen molar-refractivity contribution in [3.05, 3.63) is 293 Å². The average Bonchev–Trinajstić information content (AvgIpc) is 0.749. The third-order valence-electron chi connectivity index (χ3n) is 20.2. The fourth-order valence-electron chi connectivity index (χ4n) is 14.8. The second-order valence-corrected chi connectivity index (χ2v) is 31.5. The predicted octanol–water partition coefficient (Wildman–Crippen LogP) is 20.1. The van der Waals surface area contributed by atoms with Gasteiger partial charge in [0.05, 0.1) is 22.8 Å². The molecule has 4 aliphatic carbocycles. The Kier molecular flexibility index (Phi) is 16.2. The number of aryl methyl sites for hydroxylation is 4. The zero-order chi connectivity index (χ0) is 67.3. The first-order chi connectivity index (χ1) is 45.7. The summed E-state index contributed by atoms with van der Waals surface area (Å²) in [5.41, 5.74) is 26.0. The normalized spacial score (nSPS) is 13.7. The van der Waals surface area contributed by atoms with Gasteiger partial charge in [-0.15, -0.1) is 0 Å². The molecule has 0 aliphatic heterocycles. The fraction of sp³-hybridized carbons (Fsp3) is 0.318. The highest BCUT2D eigenvalue weighted by atomic mass is 14.9. The molecule has 0 bridgehead atoms. The van der Waals surface area contributed by atoms with Gasteiger partial charge in [0.25, 0.3) is 0 Å². The molecule has 0 saturated carbocycles. The minimum Gasteiger partial charge on any atom is -0.237 e. The summed E-state index contributed by atoms with van der Waals surface area (Å²) in [4.78, 5) is 39.0. The minimum absolute atomic E-state index is 0.0105. The maximum Gasteiger partial charge on any atom is 0.134 e. The molecule has 8 nitrogen and oxygen atoms in total. The van der Waals surface area contributed by atoms with Crippen molar-refractivity contribution in [2.45, 2.75) is 184 Å². The second-order valence-electron chi connectivity index (χ2n) is 31.5. The summed E-state index contributed by atoms with van der Waals surface area (Å²) < 4.78 is 0. The number of hydrogen-bond donors (Lipinski definition) is 0. The molecule has 0 amide bonds. The van der Waals surface area contributed by atoms with Crippen LogP contribution < -0.4 is 0 Å². The van der Waals surface area contributed by atoms with E-state index in [1.54, 1.807) is 0 Å². The topological polar surface area (TPSA) is 103 Å². The quantitative estimate of drug-likeness (QED) is 0.138. The van der Waals surface area contributed by atoms with E-state index in [0.29, 0.717) is 0 Å². The first-order valence-corrected chi connectivity index (χ1v) is 34.6. The van der Waals surface area contributed by atoms with Crippen LogP contribution in [0.2, 0.25) is 0 Å². The Labute approximate surface area is 567 Å². The average molecular weight is 1260 g/mol. The van der Waals surface area contributed by atoms with Crippen LogP contribution in [0, 0.1) is 27.7 Å². The van der Waals surface area contributed by atoms with Crippen LogP contribution >= 0.6 is 0 Å². The molecule has 96 heavy (non-hydrogen) atoms. The van der Waals surface area contributed by atoms with Crippen molar-refractivity contribution < 1.29 is 0 Å². The van der Waals surface area contributed by atoms with Gasteiger partial charge >= 0.3 is 0 Å². The molecule has 0 radical (unpaired) electrons. The van der Waals surface area contributed by atoms with Crippen LogP contribution in [0.3, 0.4) is 0 Å². The van der Waals surface area contributed by atoms with E-state index in [1.807, 2.05) is 0 Å². The summed E-state index contributed by atoms with van der Waals surface area (Å²) in [6, 6.07) is 57.2. The van der Waals surface area contributed by atoms with Crippen LogP contribution in [0.4, 0.5) is 0 Å². The van der Waals surface area contributed by atoms with Gasteiger partial charge < -0.3 is 0 Å². The molecule has 4 aromatic heterocycles. The number of rotatable bonds is 0. The third kappa shape index (κ3) is 12.3. The lowest BCUT2D eigenvalue weighted by atomic mass is 9.81. The smallest absolute Gasteiger partial charge is 0.134 e. The summed E-state index contributed by atoms with van der Waals surface area (Å²) >= 11 is 0. The lowest BCUT2D eigenvalue weighted by Crippen LogP contribution is -2.22. The molecule has 4 aliphatic rings. The lowest BCUT2D eigenvalue weighted by molar-refractivity contribution is 0.537. The highest BCUT2D eigenvalue weighted by Gasteiger charge is 2.31. The zero-order valence-electron chi connectivity index (χ0n) is 59.2. The van der Waals surface area contributed by atoms with Crippen molar-refractivity contribution in [3.8, 4) is 0 Å². The fourth-order valence-corrected chi connectivity index (χ4v) is 14.8. The van der Waals surface area contributed by atoms with Gasteiger partial charge in [0, 0.05) is 95.8 Å². The van der Waals surface area contributed by atoms with Crippen molar-refractivity contribution in [2.75, 3.05) is 0 Å². The van der Waals surface area contributed by atoms with E-state index < -0.39 is 0 Å². The summed E-state index contributed by atoms with van der Waals surface area (Å²) in [5.74, 6) is 3.82. The lowest BCUT2D eigenvalue weighted by Gasteiger charge is -2.26. The Morgan fingerprint density at radius 2 is 0.490 bits per heavy atom. The standard InChI is InChI=1S/C25H24N2.3C21H22N2/c1-15-20-13-21-18-11-7-5-9-16(18)17-10-6-8-12-19(17)22(21)14-23(20)27-24(26-15)25(2,3)4;1-13-18-11-16-9-14-7-5-6-8-15(14)10-17(16)12-19(18)23-20(22-13)21(2,3)4;1-13-17-12-18-15(10-9-14-7-5-6-8-16(14)18)11-19(17)23-20(22-13)21(2,3)4;1-13-17-11-15-10-9-14-7-5-6-8-16(14)18(15)12-19(17)23-20(22-13)21(2,3)4/h5-12H,13-14H2,1-4H3;3*5-10H,11-12H2,1-4H3. The van der Waals surface area contributed by atoms with Gasteiger partial charge in [0.15, 0.2) is 0 Å². The first-order valence-electron chi connectivity index (χ1n) is 34.6. The summed E-state index contributed by atoms with van der Waals surface area (Å²) in [6.07, 6.45) is 7.41. The Morgan fingerprint density at radius 1 is 0.219 bits per heavy atom. The van der Waals surface area contributed by atoms with Gasteiger partial charge in [-0.3, -0.25) is 0 Å². The van der Waals surface area contributed by atoms with E-state index in [2.05, 4.69) is 269 Å². The van der Waals surface area contributed by atoms with Crippen molar-refractivity contribution >= 4 is 53.9 Å². The van der Waals surface area contributed by atoms with Gasteiger partial charge in [-0.1, -0.05) is 241 Å². The summed E-state index contributed by atoms with van der Waals surface area (Å²) in [7, 11) is 0. The first kappa shape index (κ1) is 64.0. The molecule has 0 atom stereocenters. The van der Waals surface area contributed by atoms with Crippen LogP contribution in [-0.2, 0) is 73.0 Å². The van der Waals surface area contributed by atoms with Crippen LogP contribution in [0.25, 0.3) is 53.9 Å². The van der Waals surface area contributed by atoms with Gasteiger partial charge in [0.2, 0.25) is 0 Å². The SMILES string of the molecule is Cc1nc(C(C)(C)C)nc2c1Cc1c(c3ccccc3c3ccccc13)C2.Cc1nc(C(C)(C)C)nc2c1Cc1c(ccc3ccccc13)C2.Cc1nc(C(C)(C)C)nc2c1Cc1cc3ccccc3cc1C2.Cc1nc(C(C)(C)C)nc2c1Cc1ccc3ccccc3c1C2. The molecule has 0 unspecified atom stereocenters. The van der Waals surface area contributed by atoms with Crippen molar-refractivity contribution in [1.82, 2.24) is 39.9 Å². The Morgan fingerprint density at radius 3 is 0.896 bits per heavy atom. The van der Waals surface area contributed by atoms with E-state index in [4.69, 9.17) is 39.9 Å². The number of benzene rings is 9. The molecule has 0 saturated heterocycles. The van der Waals surface area contributed by atoms with Gasteiger partial charge in [0.1, 0.15) is 23.3 Å². The molecular formula is C88H90N8. The van der Waals surface area contributed by atoms with E-state index in [9.17, 15) is 0 Å². The molecule has 4 heterocycles. The molecule has 482 valence electrons. The molecule has 17 rings (SSSR count). The maximum absolute atomic E-state index is 5.02. The highest BCUT2D eigenvalue weighted by molar-refractivity contribution is 6.11. The summed E-state index contributed by atoms with van der Waals surface area (Å²) in [5, 5.41) is 13.4. The second kappa shape index (κ2) is 24.4. The van der Waals surface area contributed by atoms with Crippen LogP contribution in [0.1, 0.15) is 219 Å². The van der Waals surface area contributed by atoms with E-state index in [1.165, 1.54) is 143 Å². The monoisotopic (exact) mass is 1260 g/mol. The van der Waals surface area contributed by atoms with Crippen molar-refractivity contribution in [2.24, 2.45) is 0 Å². The molecule has 0 fully saturated rings. The van der Waals surface area contributed by atoms with E-state index >= 15 is 0 Å². The van der Waals surface area contributed by atoms with Crippen LogP contribution in [0.15, 0.2) is 158 Å². The molecular weight excluding hydrogens is 1170 g/mol. The Hall–Kier alpha value is -9.40. The van der Waals surface area contributed by atoms with Gasteiger partial charge in [-0.25, -0.2) is 39.9 Å². The largest absolute Gasteiger partial charge is 0.237 e. The maximum atomic E-state index is 5.02. The highest BCUT2D eigenvalue weighted by Crippen LogP contribution is 2.41. The number of hydrogen-bond acceptors (Lipinski definition) is 8. The Balaban J connectivity index is 0.000000110. The zero-order valence-corrected chi connectivity index (χ0v) is 59.2. The third-order valence-corrected chi connectivity index (χ3v) is 20.2. The van der Waals surface area contributed by atoms with Crippen LogP contribution in [0.5, 0.6) is 0 Å². The molecule has 0 spiro atoms. The van der Waals surface area contributed by atoms with Crippen molar-refractivity contribution in [1.29, 1.82) is 0 Å². The summed E-state index contributed by atoms with van der Waals surface area (Å²) in [6.45, 7) is 34.7. The van der Waals surface area contributed by atoms with Crippen LogP contribution in [-0.4, -0.2) is 39.9 Å². The Bertz CT molecular complexity index is 5220. The molecule has 13 aromatic rings.